The summed E-state index contributed by atoms with van der Waals surface area (Å²) in [5, 5.41) is 0. The van der Waals surface area contributed by atoms with Crippen LogP contribution >= 0.6 is 0 Å². The van der Waals surface area contributed by atoms with Crippen LogP contribution in [0, 0.1) is 5.41 Å². The molecule has 1 rings (SSSR count). The second-order valence-corrected chi connectivity index (χ2v) is 4.26. The normalized spacial score (nSPS) is 22.2. The van der Waals surface area contributed by atoms with Crippen LogP contribution in [0.25, 0.3) is 0 Å². The van der Waals surface area contributed by atoms with Crippen molar-refractivity contribution in [2.75, 3.05) is 0 Å². The molecule has 0 aromatic heterocycles. The standard InChI is InChI=1S/C10H16O2/c1-8-6-10(2,3)5-4-9(8)12-7-11/h7H,4-6H2,1-3H3. The van der Waals surface area contributed by atoms with Gasteiger partial charge in [-0.3, -0.25) is 4.79 Å². The molecular formula is C10H16O2. The molecule has 1 aliphatic rings. The molecule has 0 aromatic carbocycles. The number of hydrogen-bond donors (Lipinski definition) is 0. The molecule has 0 aromatic rings. The highest BCUT2D eigenvalue weighted by atomic mass is 16.5. The number of hydrogen-bond acceptors (Lipinski definition) is 2. The van der Waals surface area contributed by atoms with Gasteiger partial charge in [-0.25, -0.2) is 0 Å². The lowest BCUT2D eigenvalue weighted by Crippen LogP contribution is -2.18. The van der Waals surface area contributed by atoms with Crippen LogP contribution in [-0.2, 0) is 9.53 Å². The van der Waals surface area contributed by atoms with Crippen molar-refractivity contribution < 1.29 is 9.53 Å². The number of allylic oxidation sites excluding steroid dienone is 2. The SMILES string of the molecule is CC1=C(OC=O)CCC(C)(C)C1. The zero-order chi connectivity index (χ0) is 9.19. The van der Waals surface area contributed by atoms with Gasteiger partial charge < -0.3 is 4.74 Å². The summed E-state index contributed by atoms with van der Waals surface area (Å²) >= 11 is 0. The van der Waals surface area contributed by atoms with Crippen molar-refractivity contribution in [3.8, 4) is 0 Å². The molecule has 2 nitrogen and oxygen atoms in total. The van der Waals surface area contributed by atoms with Crippen LogP contribution < -0.4 is 0 Å². The van der Waals surface area contributed by atoms with Gasteiger partial charge in [-0.15, -0.1) is 0 Å². The van der Waals surface area contributed by atoms with Crippen molar-refractivity contribution in [1.82, 2.24) is 0 Å². The molecule has 0 fully saturated rings. The third-order valence-electron chi connectivity index (χ3n) is 2.44. The van der Waals surface area contributed by atoms with E-state index in [1.165, 1.54) is 5.57 Å². The molecule has 2 heteroatoms. The van der Waals surface area contributed by atoms with E-state index in [0.29, 0.717) is 11.9 Å². The van der Waals surface area contributed by atoms with Crippen LogP contribution in [-0.4, -0.2) is 6.47 Å². The highest BCUT2D eigenvalue weighted by molar-refractivity contribution is 5.40. The molecule has 0 spiro atoms. The Morgan fingerprint density at radius 1 is 1.50 bits per heavy atom. The van der Waals surface area contributed by atoms with Gasteiger partial charge in [0.05, 0.1) is 0 Å². The molecule has 68 valence electrons. The van der Waals surface area contributed by atoms with Gasteiger partial charge in [0, 0.05) is 6.42 Å². The fraction of sp³-hybridized carbons (Fsp3) is 0.700. The fourth-order valence-electron chi connectivity index (χ4n) is 1.79. The zero-order valence-electron chi connectivity index (χ0n) is 8.02. The maximum atomic E-state index is 10.1. The first-order valence-corrected chi connectivity index (χ1v) is 4.34. The van der Waals surface area contributed by atoms with E-state index in [1.807, 2.05) is 6.92 Å². The molecule has 0 saturated heterocycles. The number of carbonyl (C=O) groups is 1. The van der Waals surface area contributed by atoms with Crippen molar-refractivity contribution in [1.29, 1.82) is 0 Å². The number of rotatable bonds is 2. The topological polar surface area (TPSA) is 26.3 Å². The fourth-order valence-corrected chi connectivity index (χ4v) is 1.79. The lowest BCUT2D eigenvalue weighted by atomic mass is 9.77. The van der Waals surface area contributed by atoms with Gasteiger partial charge >= 0.3 is 0 Å². The average molecular weight is 168 g/mol. The first kappa shape index (κ1) is 9.30. The van der Waals surface area contributed by atoms with Crippen LogP contribution in [0.1, 0.15) is 40.0 Å². The zero-order valence-corrected chi connectivity index (χ0v) is 8.02. The lowest BCUT2D eigenvalue weighted by molar-refractivity contribution is -0.125. The van der Waals surface area contributed by atoms with E-state index in [9.17, 15) is 4.79 Å². The van der Waals surface area contributed by atoms with E-state index in [0.717, 1.165) is 25.0 Å². The Bertz CT molecular complexity index is 214. The highest BCUT2D eigenvalue weighted by Gasteiger charge is 2.25. The Morgan fingerprint density at radius 3 is 2.67 bits per heavy atom. The molecule has 0 N–H and O–H groups in total. The molecule has 0 radical (unpaired) electrons. The predicted molar refractivity (Wildman–Crippen MR) is 47.5 cm³/mol. The molecular weight excluding hydrogens is 152 g/mol. The van der Waals surface area contributed by atoms with Gasteiger partial charge in [-0.2, -0.15) is 0 Å². The van der Waals surface area contributed by atoms with E-state index >= 15 is 0 Å². The van der Waals surface area contributed by atoms with Crippen molar-refractivity contribution >= 4 is 6.47 Å². The molecule has 0 heterocycles. The van der Waals surface area contributed by atoms with E-state index in [2.05, 4.69) is 13.8 Å². The second-order valence-electron chi connectivity index (χ2n) is 4.26. The van der Waals surface area contributed by atoms with Crippen LogP contribution in [0.5, 0.6) is 0 Å². The van der Waals surface area contributed by atoms with E-state index in [-0.39, 0.29) is 0 Å². The van der Waals surface area contributed by atoms with E-state index in [1.54, 1.807) is 0 Å². The maximum absolute atomic E-state index is 10.1. The van der Waals surface area contributed by atoms with Crippen molar-refractivity contribution in [3.05, 3.63) is 11.3 Å². The monoisotopic (exact) mass is 168 g/mol. The summed E-state index contributed by atoms with van der Waals surface area (Å²) in [7, 11) is 0. The van der Waals surface area contributed by atoms with Gasteiger partial charge in [-0.05, 0) is 30.8 Å². The summed E-state index contributed by atoms with van der Waals surface area (Å²) in [5.74, 6) is 0.879. The highest BCUT2D eigenvalue weighted by Crippen LogP contribution is 2.38. The van der Waals surface area contributed by atoms with Gasteiger partial charge in [-0.1, -0.05) is 13.8 Å². The average Bonchev–Trinajstić information content (AvgIpc) is 1.94. The maximum Gasteiger partial charge on any atom is 0.298 e. The second kappa shape index (κ2) is 3.30. The van der Waals surface area contributed by atoms with Gasteiger partial charge in [0.2, 0.25) is 0 Å². The minimum atomic E-state index is 0.375. The lowest BCUT2D eigenvalue weighted by Gasteiger charge is -2.30. The third-order valence-corrected chi connectivity index (χ3v) is 2.44. The van der Waals surface area contributed by atoms with E-state index < -0.39 is 0 Å². The van der Waals surface area contributed by atoms with Crippen molar-refractivity contribution in [2.24, 2.45) is 5.41 Å². The Kier molecular flexibility index (Phi) is 2.55. The van der Waals surface area contributed by atoms with Gasteiger partial charge in [0.25, 0.3) is 6.47 Å². The third kappa shape index (κ3) is 2.10. The first-order valence-electron chi connectivity index (χ1n) is 4.34. The molecule has 0 aliphatic heterocycles. The quantitative estimate of drug-likeness (QED) is 0.592. The molecule has 0 amide bonds. The predicted octanol–water partition coefficient (Wildman–Crippen LogP) is 2.64. The van der Waals surface area contributed by atoms with Crippen LogP contribution in [0.2, 0.25) is 0 Å². The van der Waals surface area contributed by atoms with Gasteiger partial charge in [0.1, 0.15) is 5.76 Å². The number of ether oxygens (including phenoxy) is 1. The molecule has 0 unspecified atom stereocenters. The molecule has 0 atom stereocenters. The van der Waals surface area contributed by atoms with Crippen LogP contribution in [0.15, 0.2) is 11.3 Å². The van der Waals surface area contributed by atoms with Crippen molar-refractivity contribution in [2.45, 2.75) is 40.0 Å². The van der Waals surface area contributed by atoms with E-state index in [4.69, 9.17) is 4.74 Å². The minimum Gasteiger partial charge on any atom is -0.433 e. The Morgan fingerprint density at radius 2 is 2.17 bits per heavy atom. The van der Waals surface area contributed by atoms with Gasteiger partial charge in [0.15, 0.2) is 0 Å². The minimum absolute atomic E-state index is 0.375. The Hall–Kier alpha value is -0.790. The number of carbonyl (C=O) groups excluding carboxylic acids is 1. The van der Waals surface area contributed by atoms with Crippen LogP contribution in [0.3, 0.4) is 0 Å². The van der Waals surface area contributed by atoms with Crippen LogP contribution in [0.4, 0.5) is 0 Å². The molecule has 12 heavy (non-hydrogen) atoms. The Balaban J connectivity index is 2.70. The summed E-state index contributed by atoms with van der Waals surface area (Å²) < 4.78 is 4.89. The molecule has 1 aliphatic carbocycles. The Labute approximate surface area is 73.6 Å². The summed E-state index contributed by atoms with van der Waals surface area (Å²) in [6.45, 7) is 7.05. The molecule has 0 saturated carbocycles. The molecule has 0 bridgehead atoms. The first-order chi connectivity index (χ1) is 5.55. The summed E-state index contributed by atoms with van der Waals surface area (Å²) in [6.07, 6.45) is 3.04. The summed E-state index contributed by atoms with van der Waals surface area (Å²) in [6, 6.07) is 0. The largest absolute Gasteiger partial charge is 0.433 e. The summed E-state index contributed by atoms with van der Waals surface area (Å²) in [4.78, 5) is 10.1. The summed E-state index contributed by atoms with van der Waals surface area (Å²) in [5.41, 5.74) is 1.60. The smallest absolute Gasteiger partial charge is 0.298 e. The van der Waals surface area contributed by atoms with Crippen molar-refractivity contribution in [3.63, 3.8) is 0 Å².